The molecule has 1 N–H and O–H groups in total. The van der Waals surface area contributed by atoms with E-state index in [1.54, 1.807) is 17.4 Å². The zero-order valence-electron chi connectivity index (χ0n) is 11.1. The van der Waals surface area contributed by atoms with Crippen LogP contribution in [0.5, 0.6) is 5.75 Å². The Balaban J connectivity index is 2.11. The minimum absolute atomic E-state index is 0.255. The van der Waals surface area contributed by atoms with Gasteiger partial charge in [-0.25, -0.2) is 9.37 Å². The molecule has 0 aliphatic rings. The third-order valence-corrected chi connectivity index (χ3v) is 3.72. The Morgan fingerprint density at radius 2 is 2.26 bits per heavy atom. The Morgan fingerprint density at radius 1 is 1.42 bits per heavy atom. The molecule has 3 nitrogen and oxygen atoms in total. The summed E-state index contributed by atoms with van der Waals surface area (Å²) < 4.78 is 18.5. The van der Waals surface area contributed by atoms with Gasteiger partial charge >= 0.3 is 0 Å². The van der Waals surface area contributed by atoms with E-state index in [0.717, 1.165) is 35.0 Å². The quantitative estimate of drug-likeness (QED) is 0.823. The highest BCUT2D eigenvalue weighted by Crippen LogP contribution is 2.28. The molecule has 19 heavy (non-hydrogen) atoms. The van der Waals surface area contributed by atoms with Crippen LogP contribution < -0.4 is 10.1 Å². The molecule has 2 aromatic rings. The number of rotatable bonds is 6. The molecule has 0 atom stereocenters. The predicted octanol–water partition coefficient (Wildman–Crippen LogP) is 3.46. The second-order valence-corrected chi connectivity index (χ2v) is 5.27. The van der Waals surface area contributed by atoms with Gasteiger partial charge in [-0.05, 0) is 31.2 Å². The van der Waals surface area contributed by atoms with E-state index in [-0.39, 0.29) is 11.6 Å². The predicted molar refractivity (Wildman–Crippen MR) is 76.1 cm³/mol. The van der Waals surface area contributed by atoms with Gasteiger partial charge in [0.1, 0.15) is 5.01 Å². The molecule has 1 aromatic carbocycles. The van der Waals surface area contributed by atoms with E-state index in [4.69, 9.17) is 4.74 Å². The summed E-state index contributed by atoms with van der Waals surface area (Å²) in [5.41, 5.74) is 0.782. The Bertz CT molecular complexity index is 542. The zero-order valence-corrected chi connectivity index (χ0v) is 11.9. The van der Waals surface area contributed by atoms with Crippen molar-refractivity contribution >= 4 is 11.3 Å². The third-order valence-electron chi connectivity index (χ3n) is 2.68. The summed E-state index contributed by atoms with van der Waals surface area (Å²) in [6, 6.07) is 4.91. The van der Waals surface area contributed by atoms with Crippen molar-refractivity contribution in [1.29, 1.82) is 0 Å². The number of aromatic nitrogens is 1. The Morgan fingerprint density at radius 3 is 2.95 bits per heavy atom. The van der Waals surface area contributed by atoms with E-state index in [2.05, 4.69) is 17.2 Å². The maximum atomic E-state index is 13.6. The highest BCUT2D eigenvalue weighted by molar-refractivity contribution is 7.15. The van der Waals surface area contributed by atoms with Gasteiger partial charge in [-0.2, -0.15) is 0 Å². The summed E-state index contributed by atoms with van der Waals surface area (Å²) in [7, 11) is 1.46. The normalized spacial score (nSPS) is 10.7. The molecule has 0 spiro atoms. The van der Waals surface area contributed by atoms with Gasteiger partial charge in [0.2, 0.25) is 0 Å². The Kier molecular flexibility index (Phi) is 4.87. The maximum Gasteiger partial charge on any atom is 0.165 e. The molecule has 1 heterocycles. The smallest absolute Gasteiger partial charge is 0.165 e. The van der Waals surface area contributed by atoms with Crippen molar-refractivity contribution in [3.63, 3.8) is 0 Å². The summed E-state index contributed by atoms with van der Waals surface area (Å²) in [5.74, 6) is -0.106. The van der Waals surface area contributed by atoms with Gasteiger partial charge < -0.3 is 10.1 Å². The SMILES string of the molecule is CCCNCc1cnc(-c2ccc(OC)c(F)c2)s1. The van der Waals surface area contributed by atoms with Crippen molar-refractivity contribution in [2.45, 2.75) is 19.9 Å². The van der Waals surface area contributed by atoms with E-state index < -0.39 is 0 Å². The first-order valence-electron chi connectivity index (χ1n) is 6.24. The summed E-state index contributed by atoms with van der Waals surface area (Å²) in [6.07, 6.45) is 2.94. The number of hydrogen-bond acceptors (Lipinski definition) is 4. The lowest BCUT2D eigenvalue weighted by molar-refractivity contribution is 0.386. The molecule has 0 aliphatic heterocycles. The molecule has 5 heteroatoms. The number of nitrogens with one attached hydrogen (secondary N) is 1. The number of methoxy groups -OCH3 is 1. The minimum Gasteiger partial charge on any atom is -0.494 e. The molecular weight excluding hydrogens is 263 g/mol. The first-order chi connectivity index (χ1) is 9.24. The molecule has 0 amide bonds. The molecule has 2 rings (SSSR count). The molecule has 0 saturated heterocycles. The van der Waals surface area contributed by atoms with Gasteiger partial charge in [0.15, 0.2) is 11.6 Å². The maximum absolute atomic E-state index is 13.6. The summed E-state index contributed by atoms with van der Waals surface area (Å²) in [4.78, 5) is 5.49. The monoisotopic (exact) mass is 280 g/mol. The largest absolute Gasteiger partial charge is 0.494 e. The molecular formula is C14H17FN2OS. The van der Waals surface area contributed by atoms with Crippen molar-refractivity contribution in [3.05, 3.63) is 35.1 Å². The molecule has 0 saturated carbocycles. The van der Waals surface area contributed by atoms with Crippen LogP contribution in [0, 0.1) is 5.82 Å². The summed E-state index contributed by atoms with van der Waals surface area (Å²) >= 11 is 1.58. The van der Waals surface area contributed by atoms with E-state index >= 15 is 0 Å². The number of nitrogens with zero attached hydrogens (tertiary/aromatic N) is 1. The van der Waals surface area contributed by atoms with Crippen LogP contribution in [-0.2, 0) is 6.54 Å². The second kappa shape index (κ2) is 6.63. The number of ether oxygens (including phenoxy) is 1. The first-order valence-corrected chi connectivity index (χ1v) is 7.05. The van der Waals surface area contributed by atoms with Crippen LogP contribution in [0.15, 0.2) is 24.4 Å². The highest BCUT2D eigenvalue weighted by Gasteiger charge is 2.08. The molecule has 0 fully saturated rings. The number of halogens is 1. The van der Waals surface area contributed by atoms with E-state index in [1.165, 1.54) is 13.2 Å². The van der Waals surface area contributed by atoms with Crippen molar-refractivity contribution < 1.29 is 9.13 Å². The van der Waals surface area contributed by atoms with Crippen LogP contribution in [0.3, 0.4) is 0 Å². The Hall–Kier alpha value is -1.46. The molecule has 0 bridgehead atoms. The van der Waals surface area contributed by atoms with Crippen molar-refractivity contribution in [3.8, 4) is 16.3 Å². The van der Waals surface area contributed by atoms with Gasteiger partial charge in [0.25, 0.3) is 0 Å². The lowest BCUT2D eigenvalue weighted by Crippen LogP contribution is -2.12. The van der Waals surface area contributed by atoms with Crippen LogP contribution >= 0.6 is 11.3 Å². The van der Waals surface area contributed by atoms with Crippen LogP contribution in [0.25, 0.3) is 10.6 Å². The molecule has 102 valence electrons. The highest BCUT2D eigenvalue weighted by atomic mass is 32.1. The van der Waals surface area contributed by atoms with Gasteiger partial charge in [0.05, 0.1) is 7.11 Å². The number of thiazole rings is 1. The van der Waals surface area contributed by atoms with Crippen molar-refractivity contribution in [2.24, 2.45) is 0 Å². The average molecular weight is 280 g/mol. The van der Waals surface area contributed by atoms with Gasteiger partial charge in [-0.3, -0.25) is 0 Å². The third kappa shape index (κ3) is 3.52. The molecule has 1 aromatic heterocycles. The van der Waals surface area contributed by atoms with Crippen LogP contribution in [0.4, 0.5) is 4.39 Å². The first kappa shape index (κ1) is 14.0. The van der Waals surface area contributed by atoms with Crippen LogP contribution in [0.2, 0.25) is 0 Å². The number of benzene rings is 1. The Labute approximate surface area is 116 Å². The van der Waals surface area contributed by atoms with Crippen LogP contribution in [0.1, 0.15) is 18.2 Å². The van der Waals surface area contributed by atoms with Gasteiger partial charge in [0, 0.05) is 23.2 Å². The van der Waals surface area contributed by atoms with Crippen molar-refractivity contribution in [1.82, 2.24) is 10.3 Å². The van der Waals surface area contributed by atoms with Gasteiger partial charge in [-0.15, -0.1) is 11.3 Å². The fourth-order valence-electron chi connectivity index (χ4n) is 1.71. The standard InChI is InChI=1S/C14H17FN2OS/c1-3-6-16-8-11-9-17-14(19-11)10-4-5-13(18-2)12(15)7-10/h4-5,7,9,16H,3,6,8H2,1-2H3. The average Bonchev–Trinajstić information content (AvgIpc) is 2.88. The van der Waals surface area contributed by atoms with Gasteiger partial charge in [-0.1, -0.05) is 6.92 Å². The number of hydrogen-bond donors (Lipinski definition) is 1. The fraction of sp³-hybridized carbons (Fsp3) is 0.357. The second-order valence-electron chi connectivity index (χ2n) is 4.16. The van der Waals surface area contributed by atoms with E-state index in [9.17, 15) is 4.39 Å². The van der Waals surface area contributed by atoms with Crippen molar-refractivity contribution in [2.75, 3.05) is 13.7 Å². The molecule has 0 unspecified atom stereocenters. The lowest BCUT2D eigenvalue weighted by Gasteiger charge is -2.02. The van der Waals surface area contributed by atoms with E-state index in [0.29, 0.717) is 0 Å². The van der Waals surface area contributed by atoms with Crippen LogP contribution in [-0.4, -0.2) is 18.6 Å². The summed E-state index contributed by atoms with van der Waals surface area (Å²) in [6.45, 7) is 3.93. The van der Waals surface area contributed by atoms with E-state index in [1.807, 2.05) is 12.3 Å². The minimum atomic E-state index is -0.360. The topological polar surface area (TPSA) is 34.2 Å². The summed E-state index contributed by atoms with van der Waals surface area (Å²) in [5, 5.41) is 4.15. The zero-order chi connectivity index (χ0) is 13.7. The molecule has 0 aliphatic carbocycles. The molecule has 0 radical (unpaired) electrons. The lowest BCUT2D eigenvalue weighted by atomic mass is 10.2. The fourth-order valence-corrected chi connectivity index (χ4v) is 2.59.